The second kappa shape index (κ2) is 37.7. The number of esters is 1. The number of nitrogens with one attached hydrogen (secondary N) is 4. The fourth-order valence-electron chi connectivity index (χ4n) is 13.0. The van der Waals surface area contributed by atoms with Crippen molar-refractivity contribution in [1.82, 2.24) is 30.1 Å². The molecule has 5 aromatic carbocycles. The first-order valence-electron chi connectivity index (χ1n) is 36.0. The maximum Gasteiger partial charge on any atom is 0.312 e. The second-order valence-electron chi connectivity index (χ2n) is 27.7. The minimum absolute atomic E-state index is 0.0559. The number of anilines is 3. The third-order valence-corrected chi connectivity index (χ3v) is 20.1. The molecule has 1 aliphatic carbocycles. The maximum atomic E-state index is 14.4. The number of fused-ring (bicyclic) bond motifs is 16. The summed E-state index contributed by atoms with van der Waals surface area (Å²) in [6, 6.07) is 28.3. The number of hydrogen-bond acceptors (Lipinski definition) is 22. The molecule has 5 bridgehead atoms. The number of halogens is 2. The number of aliphatic hydroxyl groups excluding tert-OH is 4. The summed E-state index contributed by atoms with van der Waals surface area (Å²) in [5.74, 6) is -8.34. The Labute approximate surface area is 630 Å². The molecule has 1 amide bonds. The first kappa shape index (κ1) is 83.0. The van der Waals surface area contributed by atoms with Crippen molar-refractivity contribution in [2.45, 2.75) is 144 Å². The van der Waals surface area contributed by atoms with Gasteiger partial charge in [-0.2, -0.15) is 5.10 Å². The molecule has 24 nitrogen and oxygen atoms in total. The lowest BCUT2D eigenvalue weighted by atomic mass is 9.78. The summed E-state index contributed by atoms with van der Waals surface area (Å²) in [7, 11) is 3.42. The number of hydrogen-bond donors (Lipinski definition) is 11. The lowest BCUT2D eigenvalue weighted by molar-refractivity contribution is -0.160. The Balaban J connectivity index is 0.000000250. The van der Waals surface area contributed by atoms with Gasteiger partial charge >= 0.3 is 11.8 Å². The van der Waals surface area contributed by atoms with Crippen LogP contribution in [0, 0.1) is 30.6 Å². The molecule has 1 saturated heterocycles. The molecule has 11 atom stereocenters. The Morgan fingerprint density at radius 3 is 2.04 bits per heavy atom. The van der Waals surface area contributed by atoms with E-state index in [9.17, 15) is 39.9 Å². The molecule has 106 heavy (non-hydrogen) atoms. The zero-order valence-corrected chi connectivity index (χ0v) is 64.4. The molecule has 5 heterocycles. The van der Waals surface area contributed by atoms with Crippen molar-refractivity contribution < 1.29 is 69.1 Å². The number of benzene rings is 6. The van der Waals surface area contributed by atoms with E-state index in [0.29, 0.717) is 23.1 Å². The van der Waals surface area contributed by atoms with Crippen molar-refractivity contribution in [2.24, 2.45) is 33.8 Å². The van der Waals surface area contributed by atoms with E-state index in [1.807, 2.05) is 87.6 Å². The lowest BCUT2D eigenvalue weighted by Crippen LogP contribution is -2.46. The van der Waals surface area contributed by atoms with E-state index in [0.717, 1.165) is 83.9 Å². The molecule has 11 N–H and O–H groups in total. The highest BCUT2D eigenvalue weighted by Gasteiger charge is 2.50. The number of likely N-dealkylation sites (N-methyl/N-ethyl adjacent to an activating group) is 1. The van der Waals surface area contributed by atoms with Crippen LogP contribution in [0.1, 0.15) is 110 Å². The van der Waals surface area contributed by atoms with Crippen LogP contribution in [0.25, 0.3) is 38.9 Å². The van der Waals surface area contributed by atoms with Crippen molar-refractivity contribution in [3.63, 3.8) is 0 Å². The SMILES string of the molecule is CC(C)/N=c1\cc2n(-c3ccc(Cl)cc3)c3ccccc3nc-2cc1Nc1ccc(Cl)cc1.CC[C@@H](CO)NCCN[C@@H](CC)CO.CO[C@H]1/C=C/O[C@@]2(C)Oc3c(C)c(O)c4c(O)c(c(/C=N/N5CCN(C)CC5)c(O)c4c3C2=O)NC(=O)/C(C)=C\C=C\[C@H](C)[C@H](O)[C@@H](C)[C@@H](O)[C@@H](C)[C@H](OC(C)=O)[C@@H]1C. The summed E-state index contributed by atoms with van der Waals surface area (Å²) in [6.45, 7) is 25.4. The van der Waals surface area contributed by atoms with Gasteiger partial charge in [-0.05, 0) is 126 Å². The number of aromatic hydroxyl groups is 3. The van der Waals surface area contributed by atoms with E-state index in [4.69, 9.17) is 62.3 Å². The highest BCUT2D eigenvalue weighted by atomic mass is 35.5. The molecule has 5 aromatic rings. The highest BCUT2D eigenvalue weighted by Crippen LogP contribution is 2.55. The molecular weight excluding hydrogens is 1400 g/mol. The number of allylic oxidation sites excluding steroid dienone is 2. The molecule has 0 unspecified atom stereocenters. The van der Waals surface area contributed by atoms with Crippen molar-refractivity contribution in [3.05, 3.63) is 153 Å². The Bertz CT molecular complexity index is 4330. The Kier molecular flexibility index (Phi) is 29.5. The van der Waals surface area contributed by atoms with Gasteiger partial charge < -0.3 is 85.4 Å². The number of phenols is 3. The Morgan fingerprint density at radius 2 is 1.44 bits per heavy atom. The summed E-state index contributed by atoms with van der Waals surface area (Å²) in [5, 5.41) is 96.9. The third kappa shape index (κ3) is 19.9. The zero-order chi connectivity index (χ0) is 77.4. The largest absolute Gasteiger partial charge is 0.507 e. The van der Waals surface area contributed by atoms with Crippen LogP contribution in [0.3, 0.4) is 0 Å². The van der Waals surface area contributed by atoms with Gasteiger partial charge in [-0.15, -0.1) is 0 Å². The maximum absolute atomic E-state index is 14.4. The number of phenolic OH excluding ortho intramolecular Hbond substituents is 3. The predicted molar refractivity (Wildman–Crippen MR) is 417 cm³/mol. The molecule has 0 radical (unpaired) electrons. The number of piperazine rings is 1. The second-order valence-corrected chi connectivity index (χ2v) is 28.6. The van der Waals surface area contributed by atoms with Crippen LogP contribution < -0.4 is 31.4 Å². The van der Waals surface area contributed by atoms with Gasteiger partial charge in [0.1, 0.15) is 23.4 Å². The normalized spacial score (nSPS) is 23.7. The highest BCUT2D eigenvalue weighted by molar-refractivity contribution is 6.31. The fraction of sp³-hybridized carbons (Fsp3) is 0.450. The third-order valence-electron chi connectivity index (χ3n) is 19.6. The zero-order valence-electron chi connectivity index (χ0n) is 62.9. The van der Waals surface area contributed by atoms with Gasteiger partial charge in [0.25, 0.3) is 11.7 Å². The quantitative estimate of drug-likeness (QED) is 0.0101. The van der Waals surface area contributed by atoms with Crippen LogP contribution >= 0.6 is 23.2 Å². The number of nitrogens with zero attached hydrogens (tertiary/aromatic N) is 6. The van der Waals surface area contributed by atoms with E-state index in [1.54, 1.807) is 44.9 Å². The summed E-state index contributed by atoms with van der Waals surface area (Å²) < 4.78 is 25.8. The van der Waals surface area contributed by atoms with E-state index in [-0.39, 0.29) is 75.8 Å². The van der Waals surface area contributed by atoms with Crippen LogP contribution in [0.4, 0.5) is 17.1 Å². The van der Waals surface area contributed by atoms with Crippen LogP contribution in [-0.2, 0) is 23.8 Å². The number of carbonyl (C=O) groups is 3. The number of aromatic nitrogens is 2. The monoisotopic (exact) mass is 1500 g/mol. The van der Waals surface area contributed by atoms with E-state index in [2.05, 4.69) is 67.9 Å². The average Bonchev–Trinajstić information content (AvgIpc) is 1.48. The molecule has 572 valence electrons. The van der Waals surface area contributed by atoms with Gasteiger partial charge in [-0.3, -0.25) is 24.4 Å². The Morgan fingerprint density at radius 1 is 0.821 bits per heavy atom. The van der Waals surface area contributed by atoms with Crippen molar-refractivity contribution in [1.29, 1.82) is 0 Å². The molecule has 5 aliphatic heterocycles. The van der Waals surface area contributed by atoms with Crippen LogP contribution in [0.2, 0.25) is 10.0 Å². The van der Waals surface area contributed by atoms with Gasteiger partial charge in [0, 0.05) is 140 Å². The first-order valence-corrected chi connectivity index (χ1v) is 36.8. The minimum atomic E-state index is -2.04. The predicted octanol–water partition coefficient (Wildman–Crippen LogP) is 11.5. The summed E-state index contributed by atoms with van der Waals surface area (Å²) >= 11 is 12.2. The number of ether oxygens (including phenoxy) is 4. The summed E-state index contributed by atoms with van der Waals surface area (Å²) in [4.78, 5) is 52.5. The summed E-state index contributed by atoms with van der Waals surface area (Å²) in [6.07, 6.45) is 6.74. The van der Waals surface area contributed by atoms with Crippen molar-refractivity contribution in [2.75, 3.05) is 77.3 Å². The average molecular weight is 1500 g/mol. The fourth-order valence-corrected chi connectivity index (χ4v) is 13.3. The number of ketones is 1. The van der Waals surface area contributed by atoms with Crippen LogP contribution in [0.15, 0.2) is 131 Å². The number of hydrazone groups is 1. The molecule has 1 fully saturated rings. The molecule has 0 saturated carbocycles. The number of amides is 1. The number of aliphatic hydroxyl groups is 4. The molecule has 26 heteroatoms. The molecule has 0 aromatic heterocycles. The van der Waals surface area contributed by atoms with Crippen molar-refractivity contribution >= 4 is 85.9 Å². The number of carbonyl (C=O) groups excluding carboxylic acids is 3. The molecule has 0 spiro atoms. The van der Waals surface area contributed by atoms with E-state index < -0.39 is 88.8 Å². The first-order chi connectivity index (χ1) is 50.5. The van der Waals surface area contributed by atoms with Gasteiger partial charge in [-0.1, -0.05) is 95.1 Å². The number of Topliss-reactive ketones (excluding diaryl/α,β-unsaturated/α-hetero) is 1. The van der Waals surface area contributed by atoms with Gasteiger partial charge in [0.15, 0.2) is 5.75 Å². The topological polar surface area (TPSA) is 327 Å². The van der Waals surface area contributed by atoms with E-state index >= 15 is 0 Å². The molecule has 6 aliphatic rings. The minimum Gasteiger partial charge on any atom is -0.507 e. The van der Waals surface area contributed by atoms with E-state index in [1.165, 1.54) is 59.4 Å². The number of rotatable bonds is 17. The van der Waals surface area contributed by atoms with Crippen LogP contribution in [0.5, 0.6) is 23.0 Å². The van der Waals surface area contributed by atoms with Gasteiger partial charge in [0.05, 0.1) is 99.7 Å². The smallest absolute Gasteiger partial charge is 0.312 e. The molecule has 11 rings (SSSR count). The Hall–Kier alpha value is -8.66. The standard InChI is InChI=1S/C43H58N4O12.C27H22Cl2N4.C10H24N2O2/c1-21-12-11-13-22(2)42(55)45-33-28(20-44-47-17-15-46(9)16-18-47)37(52)30-31(38(33)53)36(51)26(6)40-32(30)41(54)43(8,59-40)57-19-14-29(56-10)23(3)39(58-27(7)48)25(5)35(50)24(4)34(21)49;1-17(2)30-24-16-27-25(15-23(24)31-20-11-7-18(28)8-12-20)32-22-5-3-4-6-26(22)33(27)21-13-9-19(29)10-14-21;1-3-9(7-13)11-5-6-12-10(4-2)8-14/h11-14,19-21,23-25,29,34-35,39,49-53H,15-18H2,1-10H3,(H,45,55);3-17,31H,1-2H3;9-14H,3-8H2,1-2H3/b12-11+,19-14+,22-13-,44-20+;30-24+;/t21-,23+,24+,25+,29-,34-,35+,39+,43-;;9-,10-/m0.0/s1. The lowest BCUT2D eigenvalue weighted by Gasteiger charge is -2.38. The molecular formula is C80H104Cl2N10O14. The number of methoxy groups -OCH3 is 1. The summed E-state index contributed by atoms with van der Waals surface area (Å²) in [5.41, 5.74) is 6.25. The van der Waals surface area contributed by atoms with Crippen molar-refractivity contribution in [3.8, 4) is 40.1 Å². The number of para-hydroxylation sites is 2. The van der Waals surface area contributed by atoms with Gasteiger partial charge in [-0.25, -0.2) is 4.98 Å². The van der Waals surface area contributed by atoms with Crippen LogP contribution in [-0.4, -0.2) is 194 Å². The van der Waals surface area contributed by atoms with Gasteiger partial charge in [0.2, 0.25) is 0 Å².